The third kappa shape index (κ3) is 4.10. The zero-order chi connectivity index (χ0) is 16.8. The number of rotatable bonds is 5. The van der Waals surface area contributed by atoms with Gasteiger partial charge in [-0.1, -0.05) is 30.3 Å². The van der Waals surface area contributed by atoms with E-state index >= 15 is 0 Å². The third-order valence-corrected chi connectivity index (χ3v) is 3.39. The minimum absolute atomic E-state index is 0.120. The monoisotopic (exact) mass is 320 g/mol. The summed E-state index contributed by atoms with van der Waals surface area (Å²) in [6, 6.07) is 20.1. The van der Waals surface area contributed by atoms with Crippen LogP contribution in [-0.2, 0) is 4.79 Å². The highest BCUT2D eigenvalue weighted by molar-refractivity contribution is 5.84. The van der Waals surface area contributed by atoms with Gasteiger partial charge in [0.2, 0.25) is 0 Å². The van der Waals surface area contributed by atoms with Crippen molar-refractivity contribution in [2.45, 2.75) is 0 Å². The van der Waals surface area contributed by atoms with Crippen molar-refractivity contribution >= 4 is 22.9 Å². The molecule has 5 nitrogen and oxygen atoms in total. The topological polar surface area (TPSA) is 70.9 Å². The number of ether oxygens (including phenoxy) is 1. The fourth-order valence-corrected chi connectivity index (χ4v) is 2.18. The summed E-state index contributed by atoms with van der Waals surface area (Å²) in [6.45, 7) is -0.120. The number of fused-ring (bicyclic) bond motifs is 1. The average Bonchev–Trinajstić information content (AvgIpc) is 2.61. The van der Waals surface area contributed by atoms with Gasteiger partial charge in [-0.05, 0) is 52.7 Å². The first-order chi connectivity index (χ1) is 11.7. The van der Waals surface area contributed by atoms with E-state index in [2.05, 4.69) is 10.5 Å². The van der Waals surface area contributed by atoms with Crippen molar-refractivity contribution in [3.63, 3.8) is 0 Å². The second-order valence-corrected chi connectivity index (χ2v) is 5.18. The summed E-state index contributed by atoms with van der Waals surface area (Å²) < 4.78 is 5.48. The molecule has 0 radical (unpaired) electrons. The molecule has 0 heterocycles. The van der Waals surface area contributed by atoms with Gasteiger partial charge in [-0.15, -0.1) is 0 Å². The number of benzene rings is 3. The Morgan fingerprint density at radius 2 is 1.79 bits per heavy atom. The van der Waals surface area contributed by atoms with E-state index in [1.165, 1.54) is 6.21 Å². The molecule has 120 valence electrons. The van der Waals surface area contributed by atoms with Crippen molar-refractivity contribution in [3.8, 4) is 11.5 Å². The Balaban J connectivity index is 1.52. The van der Waals surface area contributed by atoms with Gasteiger partial charge >= 0.3 is 0 Å². The van der Waals surface area contributed by atoms with Crippen LogP contribution in [-0.4, -0.2) is 23.8 Å². The highest BCUT2D eigenvalue weighted by atomic mass is 16.5. The number of carbonyl (C=O) groups excluding carboxylic acids is 1. The fourth-order valence-electron chi connectivity index (χ4n) is 2.18. The maximum absolute atomic E-state index is 11.7. The first kappa shape index (κ1) is 15.6. The van der Waals surface area contributed by atoms with E-state index < -0.39 is 0 Å². The maximum atomic E-state index is 11.7. The molecule has 0 saturated heterocycles. The van der Waals surface area contributed by atoms with E-state index in [4.69, 9.17) is 4.74 Å². The maximum Gasteiger partial charge on any atom is 0.277 e. The van der Waals surface area contributed by atoms with Crippen LogP contribution in [0.5, 0.6) is 11.5 Å². The number of hydrazone groups is 1. The number of nitrogens with zero attached hydrogens (tertiary/aromatic N) is 1. The van der Waals surface area contributed by atoms with Gasteiger partial charge in [0.15, 0.2) is 6.61 Å². The van der Waals surface area contributed by atoms with Crippen LogP contribution in [0.15, 0.2) is 71.8 Å². The molecule has 0 spiro atoms. The summed E-state index contributed by atoms with van der Waals surface area (Å²) in [5, 5.41) is 15.2. The van der Waals surface area contributed by atoms with Crippen molar-refractivity contribution in [2.24, 2.45) is 5.10 Å². The van der Waals surface area contributed by atoms with E-state index in [9.17, 15) is 9.90 Å². The lowest BCUT2D eigenvalue weighted by Gasteiger charge is -2.06. The Morgan fingerprint density at radius 3 is 2.58 bits per heavy atom. The predicted octanol–water partition coefficient (Wildman–Crippen LogP) is 3.07. The number of hydrogen-bond donors (Lipinski definition) is 2. The molecule has 0 bridgehead atoms. The van der Waals surface area contributed by atoms with Crippen LogP contribution < -0.4 is 10.2 Å². The largest absolute Gasteiger partial charge is 0.508 e. The van der Waals surface area contributed by atoms with E-state index in [0.29, 0.717) is 5.75 Å². The molecular formula is C19H16N2O3. The Hall–Kier alpha value is -3.34. The van der Waals surface area contributed by atoms with Crippen LogP contribution >= 0.6 is 0 Å². The van der Waals surface area contributed by atoms with Crippen molar-refractivity contribution < 1.29 is 14.6 Å². The fraction of sp³-hybridized carbons (Fsp3) is 0.0526. The minimum Gasteiger partial charge on any atom is -0.508 e. The molecular weight excluding hydrogens is 304 g/mol. The molecule has 3 rings (SSSR count). The lowest BCUT2D eigenvalue weighted by Crippen LogP contribution is -2.24. The molecule has 0 saturated carbocycles. The van der Waals surface area contributed by atoms with Gasteiger partial charge in [0.1, 0.15) is 11.5 Å². The molecule has 3 aromatic carbocycles. The lowest BCUT2D eigenvalue weighted by atomic mass is 10.1. The predicted molar refractivity (Wildman–Crippen MR) is 93.3 cm³/mol. The second kappa shape index (κ2) is 7.28. The number of nitrogens with one attached hydrogen (secondary N) is 1. The van der Waals surface area contributed by atoms with Gasteiger partial charge in [0.05, 0.1) is 6.21 Å². The summed E-state index contributed by atoms with van der Waals surface area (Å²) in [5.74, 6) is 0.463. The van der Waals surface area contributed by atoms with E-state index in [1.54, 1.807) is 24.3 Å². The molecule has 3 aromatic rings. The van der Waals surface area contributed by atoms with Crippen LogP contribution in [0, 0.1) is 0 Å². The molecule has 0 fully saturated rings. The zero-order valence-corrected chi connectivity index (χ0v) is 12.8. The average molecular weight is 320 g/mol. The molecule has 24 heavy (non-hydrogen) atoms. The molecule has 5 heteroatoms. The number of aromatic hydroxyl groups is 1. The van der Waals surface area contributed by atoms with Crippen LogP contribution in [0.2, 0.25) is 0 Å². The number of phenolic OH excluding ortho intramolecular Hbond substituents is 1. The Kier molecular flexibility index (Phi) is 4.72. The van der Waals surface area contributed by atoms with Crippen molar-refractivity contribution in [2.75, 3.05) is 6.61 Å². The quantitative estimate of drug-likeness (QED) is 0.560. The van der Waals surface area contributed by atoms with Crippen molar-refractivity contribution in [1.82, 2.24) is 5.43 Å². The summed E-state index contributed by atoms with van der Waals surface area (Å²) in [6.07, 6.45) is 1.49. The Bertz CT molecular complexity index is 873. The van der Waals surface area contributed by atoms with Crippen LogP contribution in [0.3, 0.4) is 0 Å². The van der Waals surface area contributed by atoms with Crippen LogP contribution in [0.25, 0.3) is 10.8 Å². The van der Waals surface area contributed by atoms with Crippen molar-refractivity contribution in [1.29, 1.82) is 0 Å². The van der Waals surface area contributed by atoms with Crippen LogP contribution in [0.1, 0.15) is 5.56 Å². The standard InChI is InChI=1S/C19H16N2O3/c22-17-8-5-14(6-9-17)12-20-21-19(23)13-24-18-10-7-15-3-1-2-4-16(15)11-18/h1-12,22H,13H2,(H,21,23)/b20-12+. The third-order valence-electron chi connectivity index (χ3n) is 3.39. The first-order valence-electron chi connectivity index (χ1n) is 7.43. The van der Waals surface area contributed by atoms with Crippen molar-refractivity contribution in [3.05, 3.63) is 72.3 Å². The minimum atomic E-state index is -0.349. The molecule has 2 N–H and O–H groups in total. The lowest BCUT2D eigenvalue weighted by molar-refractivity contribution is -0.123. The van der Waals surface area contributed by atoms with Gasteiger partial charge in [0, 0.05) is 0 Å². The van der Waals surface area contributed by atoms with E-state index in [1.807, 2.05) is 42.5 Å². The van der Waals surface area contributed by atoms with Gasteiger partial charge in [-0.3, -0.25) is 4.79 Å². The number of phenols is 1. The number of hydrogen-bond acceptors (Lipinski definition) is 4. The van der Waals surface area contributed by atoms with Gasteiger partial charge in [-0.25, -0.2) is 5.43 Å². The summed E-state index contributed by atoms with van der Waals surface area (Å²) >= 11 is 0. The van der Waals surface area contributed by atoms with Crippen LogP contribution in [0.4, 0.5) is 0 Å². The number of carbonyl (C=O) groups is 1. The molecule has 0 unspecified atom stereocenters. The second-order valence-electron chi connectivity index (χ2n) is 5.18. The highest BCUT2D eigenvalue weighted by Gasteiger charge is 2.02. The first-order valence-corrected chi connectivity index (χ1v) is 7.43. The molecule has 0 aromatic heterocycles. The summed E-state index contributed by atoms with van der Waals surface area (Å²) in [5.41, 5.74) is 3.16. The van der Waals surface area contributed by atoms with E-state index in [-0.39, 0.29) is 18.3 Å². The molecule has 0 aliphatic carbocycles. The Labute approximate surface area is 139 Å². The molecule has 1 amide bonds. The SMILES string of the molecule is O=C(COc1ccc2ccccc2c1)N/N=C/c1ccc(O)cc1. The molecule has 0 aliphatic rings. The van der Waals surface area contributed by atoms with Gasteiger partial charge in [-0.2, -0.15) is 5.10 Å². The molecule has 0 aliphatic heterocycles. The number of amides is 1. The van der Waals surface area contributed by atoms with Gasteiger partial charge < -0.3 is 9.84 Å². The summed E-state index contributed by atoms with van der Waals surface area (Å²) in [4.78, 5) is 11.7. The van der Waals surface area contributed by atoms with E-state index in [0.717, 1.165) is 16.3 Å². The molecule has 0 atom stereocenters. The normalized spacial score (nSPS) is 10.8. The van der Waals surface area contributed by atoms with Gasteiger partial charge in [0.25, 0.3) is 5.91 Å². The zero-order valence-electron chi connectivity index (χ0n) is 12.8. The Morgan fingerprint density at radius 1 is 1.04 bits per heavy atom. The summed E-state index contributed by atoms with van der Waals surface area (Å²) in [7, 11) is 0. The highest BCUT2D eigenvalue weighted by Crippen LogP contribution is 2.20. The smallest absolute Gasteiger partial charge is 0.277 e.